The fourth-order valence-corrected chi connectivity index (χ4v) is 4.19. The number of benzene rings is 1. The predicted molar refractivity (Wildman–Crippen MR) is 101 cm³/mol. The van der Waals surface area contributed by atoms with Gasteiger partial charge in [-0.1, -0.05) is 18.6 Å². The molecule has 1 aromatic heterocycles. The molecule has 1 amide bonds. The molecule has 6 heteroatoms. The van der Waals surface area contributed by atoms with E-state index < -0.39 is 0 Å². The van der Waals surface area contributed by atoms with Crippen molar-refractivity contribution in [3.8, 4) is 0 Å². The molecule has 3 heterocycles. The number of nitrogens with one attached hydrogen (secondary N) is 1. The van der Waals surface area contributed by atoms with E-state index in [0.29, 0.717) is 11.8 Å². The second-order valence-corrected chi connectivity index (χ2v) is 7.35. The van der Waals surface area contributed by atoms with Gasteiger partial charge in [-0.2, -0.15) is 0 Å². The van der Waals surface area contributed by atoms with Gasteiger partial charge in [0.1, 0.15) is 5.82 Å². The Morgan fingerprint density at radius 1 is 1.04 bits per heavy atom. The van der Waals surface area contributed by atoms with Gasteiger partial charge in [0.2, 0.25) is 5.91 Å². The third kappa shape index (κ3) is 3.51. The van der Waals surface area contributed by atoms with Crippen LogP contribution < -0.4 is 5.56 Å². The smallest absolute Gasteiger partial charge is 0.258 e. The first-order valence-corrected chi connectivity index (χ1v) is 9.73. The third-order valence-corrected chi connectivity index (χ3v) is 5.64. The van der Waals surface area contributed by atoms with Crippen molar-refractivity contribution in [1.29, 1.82) is 0 Å². The number of hydrogen-bond donors (Lipinski definition) is 1. The molecule has 2 aliphatic heterocycles. The van der Waals surface area contributed by atoms with Crippen molar-refractivity contribution in [2.45, 2.75) is 44.6 Å². The molecule has 1 atom stereocenters. The second-order valence-electron chi connectivity index (χ2n) is 7.35. The van der Waals surface area contributed by atoms with Crippen molar-refractivity contribution < 1.29 is 4.79 Å². The lowest BCUT2D eigenvalue weighted by atomic mass is 10.2. The summed E-state index contributed by atoms with van der Waals surface area (Å²) < 4.78 is 0. The number of rotatable bonds is 4. The minimum atomic E-state index is -0.0693. The maximum atomic E-state index is 12.4. The van der Waals surface area contributed by atoms with Crippen LogP contribution in [0.4, 0.5) is 0 Å². The number of hydrogen-bond acceptors (Lipinski definition) is 4. The first-order valence-electron chi connectivity index (χ1n) is 9.73. The van der Waals surface area contributed by atoms with E-state index in [1.54, 1.807) is 0 Å². The SMILES string of the molecule is O=C1CCCCCN1CCN1CCCC1c1nc2ccccc2c(=O)[nH]1. The molecule has 2 fully saturated rings. The van der Waals surface area contributed by atoms with Gasteiger partial charge in [-0.25, -0.2) is 4.98 Å². The molecule has 0 radical (unpaired) electrons. The standard InChI is InChI=1S/C20H26N4O2/c25-18-10-2-1-5-11-24(18)14-13-23-12-6-9-17(23)19-21-16-8-4-3-7-15(16)20(26)22-19/h3-4,7-8,17H,1-2,5-6,9-14H2,(H,21,22,26). The highest BCUT2D eigenvalue weighted by Crippen LogP contribution is 2.29. The van der Waals surface area contributed by atoms with Crippen LogP contribution in [0.5, 0.6) is 0 Å². The number of likely N-dealkylation sites (tertiary alicyclic amines) is 2. The molecule has 2 aliphatic rings. The van der Waals surface area contributed by atoms with Crippen LogP contribution in [0, 0.1) is 0 Å². The molecule has 0 bridgehead atoms. The summed E-state index contributed by atoms with van der Waals surface area (Å²) in [4.78, 5) is 36.7. The highest BCUT2D eigenvalue weighted by molar-refractivity contribution is 5.77. The molecule has 0 saturated carbocycles. The van der Waals surface area contributed by atoms with Crippen LogP contribution in [0.15, 0.2) is 29.1 Å². The Morgan fingerprint density at radius 3 is 2.85 bits per heavy atom. The van der Waals surface area contributed by atoms with E-state index in [2.05, 4.69) is 9.88 Å². The van der Waals surface area contributed by atoms with Crippen LogP contribution >= 0.6 is 0 Å². The highest BCUT2D eigenvalue weighted by Gasteiger charge is 2.29. The predicted octanol–water partition coefficient (Wildman–Crippen LogP) is 2.46. The topological polar surface area (TPSA) is 69.3 Å². The highest BCUT2D eigenvalue weighted by atomic mass is 16.2. The number of aromatic amines is 1. The van der Waals surface area contributed by atoms with E-state index in [-0.39, 0.29) is 17.5 Å². The lowest BCUT2D eigenvalue weighted by Crippen LogP contribution is -2.38. The van der Waals surface area contributed by atoms with E-state index in [1.165, 1.54) is 0 Å². The Morgan fingerprint density at radius 2 is 1.92 bits per heavy atom. The van der Waals surface area contributed by atoms with E-state index in [0.717, 1.165) is 69.6 Å². The van der Waals surface area contributed by atoms with E-state index in [1.807, 2.05) is 29.2 Å². The molecule has 1 unspecified atom stereocenters. The summed E-state index contributed by atoms with van der Waals surface area (Å²) in [6.07, 6.45) is 6.04. The van der Waals surface area contributed by atoms with E-state index in [9.17, 15) is 9.59 Å². The summed E-state index contributed by atoms with van der Waals surface area (Å²) in [7, 11) is 0. The summed E-state index contributed by atoms with van der Waals surface area (Å²) in [5.74, 6) is 1.05. The summed E-state index contributed by atoms with van der Waals surface area (Å²) in [5.41, 5.74) is 0.681. The zero-order valence-corrected chi connectivity index (χ0v) is 15.1. The number of H-pyrrole nitrogens is 1. The van der Waals surface area contributed by atoms with Crippen LogP contribution in [-0.2, 0) is 4.79 Å². The quantitative estimate of drug-likeness (QED) is 0.916. The van der Waals surface area contributed by atoms with Gasteiger partial charge in [-0.15, -0.1) is 0 Å². The van der Waals surface area contributed by atoms with Gasteiger partial charge in [0.25, 0.3) is 5.56 Å². The molecule has 26 heavy (non-hydrogen) atoms. The van der Waals surface area contributed by atoms with Crippen molar-refractivity contribution in [2.24, 2.45) is 0 Å². The van der Waals surface area contributed by atoms with Crippen molar-refractivity contribution in [1.82, 2.24) is 19.8 Å². The maximum absolute atomic E-state index is 12.4. The molecule has 1 N–H and O–H groups in total. The zero-order chi connectivity index (χ0) is 17.9. The number of nitrogens with zero attached hydrogens (tertiary/aromatic N) is 3. The molecule has 2 aromatic rings. The summed E-state index contributed by atoms with van der Waals surface area (Å²) in [6.45, 7) is 3.48. The van der Waals surface area contributed by atoms with Gasteiger partial charge >= 0.3 is 0 Å². The van der Waals surface area contributed by atoms with E-state index >= 15 is 0 Å². The number of fused-ring (bicyclic) bond motifs is 1. The molecule has 0 aliphatic carbocycles. The Balaban J connectivity index is 1.50. The van der Waals surface area contributed by atoms with Gasteiger partial charge in [0, 0.05) is 26.1 Å². The Bertz CT molecular complexity index is 847. The Kier molecular flexibility index (Phi) is 5.02. The van der Waals surface area contributed by atoms with Crippen molar-refractivity contribution >= 4 is 16.8 Å². The molecular weight excluding hydrogens is 328 g/mol. The number of para-hydroxylation sites is 1. The van der Waals surface area contributed by atoms with Gasteiger partial charge < -0.3 is 9.88 Å². The number of amides is 1. The second kappa shape index (κ2) is 7.58. The first-order chi connectivity index (χ1) is 12.7. The number of carbonyl (C=O) groups excluding carboxylic acids is 1. The third-order valence-electron chi connectivity index (χ3n) is 5.64. The number of aromatic nitrogens is 2. The first kappa shape index (κ1) is 17.2. The molecular formula is C20H26N4O2. The lowest BCUT2D eigenvalue weighted by molar-refractivity contribution is -0.130. The molecule has 138 valence electrons. The van der Waals surface area contributed by atoms with Crippen molar-refractivity contribution in [3.05, 3.63) is 40.4 Å². The molecule has 6 nitrogen and oxygen atoms in total. The fourth-order valence-electron chi connectivity index (χ4n) is 4.19. The monoisotopic (exact) mass is 354 g/mol. The summed E-state index contributed by atoms with van der Waals surface area (Å²) >= 11 is 0. The van der Waals surface area contributed by atoms with Crippen molar-refractivity contribution in [3.63, 3.8) is 0 Å². The largest absolute Gasteiger partial charge is 0.341 e. The fraction of sp³-hybridized carbons (Fsp3) is 0.550. The number of carbonyl (C=O) groups is 1. The van der Waals surface area contributed by atoms with Crippen molar-refractivity contribution in [2.75, 3.05) is 26.2 Å². The molecule has 4 rings (SSSR count). The normalized spacial score (nSPS) is 22.1. The maximum Gasteiger partial charge on any atom is 0.258 e. The van der Waals surface area contributed by atoms with E-state index in [4.69, 9.17) is 4.98 Å². The van der Waals surface area contributed by atoms with Gasteiger partial charge in [-0.05, 0) is 44.4 Å². The van der Waals surface area contributed by atoms with Crippen LogP contribution in [0.25, 0.3) is 10.9 Å². The summed E-state index contributed by atoms with van der Waals surface area (Å²) in [5, 5.41) is 0.635. The average Bonchev–Trinajstić information content (AvgIpc) is 3.02. The van der Waals surface area contributed by atoms with Crippen LogP contribution in [-0.4, -0.2) is 51.9 Å². The minimum Gasteiger partial charge on any atom is -0.341 e. The Hall–Kier alpha value is -2.21. The van der Waals surface area contributed by atoms with Crippen LogP contribution in [0.1, 0.15) is 50.4 Å². The lowest BCUT2D eigenvalue weighted by Gasteiger charge is -2.28. The molecule has 0 spiro atoms. The van der Waals surface area contributed by atoms with Gasteiger partial charge in [0.15, 0.2) is 0 Å². The minimum absolute atomic E-state index is 0.0693. The molecule has 2 saturated heterocycles. The van der Waals surface area contributed by atoms with Crippen LogP contribution in [0.2, 0.25) is 0 Å². The zero-order valence-electron chi connectivity index (χ0n) is 15.1. The Labute approximate surface area is 153 Å². The van der Waals surface area contributed by atoms with Gasteiger partial charge in [-0.3, -0.25) is 14.5 Å². The molecule has 1 aromatic carbocycles. The van der Waals surface area contributed by atoms with Crippen LogP contribution in [0.3, 0.4) is 0 Å². The van der Waals surface area contributed by atoms with Gasteiger partial charge in [0.05, 0.1) is 16.9 Å². The summed E-state index contributed by atoms with van der Waals surface area (Å²) in [6, 6.07) is 7.61. The average molecular weight is 354 g/mol.